The lowest BCUT2D eigenvalue weighted by molar-refractivity contribution is -0.125. The van der Waals surface area contributed by atoms with E-state index in [1.165, 1.54) is 18.3 Å². The second-order valence-corrected chi connectivity index (χ2v) is 18.1. The first-order chi connectivity index (χ1) is 32.2. The van der Waals surface area contributed by atoms with E-state index in [9.17, 15) is 41.6 Å². The Balaban J connectivity index is 0.804. The van der Waals surface area contributed by atoms with Gasteiger partial charge in [-0.15, -0.1) is 0 Å². The van der Waals surface area contributed by atoms with Gasteiger partial charge in [0.25, 0.3) is 23.6 Å². The van der Waals surface area contributed by atoms with Gasteiger partial charge in [-0.05, 0) is 80.1 Å². The van der Waals surface area contributed by atoms with Crippen molar-refractivity contribution >= 4 is 62.1 Å². The van der Waals surface area contributed by atoms with Crippen molar-refractivity contribution < 1.29 is 50.7 Å². The van der Waals surface area contributed by atoms with Crippen LogP contribution in [0.3, 0.4) is 0 Å². The lowest BCUT2D eigenvalue weighted by Crippen LogP contribution is -2.51. The van der Waals surface area contributed by atoms with Crippen LogP contribution in [-0.2, 0) is 19.6 Å². The first-order valence-electron chi connectivity index (χ1n) is 22.0. The standard InChI is InChI=1S/C48H49F2N7O9S/c1-3-23-67(64,65)56-36-19-18-35(49)41(42(36)50)43(59)34-26-54-44-33(34)24-31(25-53-44)29-14-16-30(17-15-29)45(60)52-22-9-7-5-4-6-8-21-51-39(58)27-66-38-12-10-11-32-40(38)48(63)57(47(32)62)37-20-13-28(2)55-46(37)61/h10-12,14-19,24-26,37,56H,2-9,13,20-23,27H2,1H3,(H,51,58)(H,52,60)(H,53,54)(H,55,61). The van der Waals surface area contributed by atoms with Gasteiger partial charge in [0.2, 0.25) is 21.7 Å². The Morgan fingerprint density at radius 1 is 0.910 bits per heavy atom. The minimum Gasteiger partial charge on any atom is -0.483 e. The molecular formula is C48H49F2N7O9S. The molecule has 67 heavy (non-hydrogen) atoms. The second-order valence-electron chi connectivity index (χ2n) is 16.3. The van der Waals surface area contributed by atoms with E-state index in [2.05, 4.69) is 37.2 Å². The number of carbonyl (C=O) groups excluding carboxylic acids is 6. The number of anilines is 1. The van der Waals surface area contributed by atoms with Crippen LogP contribution in [0.4, 0.5) is 14.5 Å². The molecule has 16 nitrogen and oxygen atoms in total. The van der Waals surface area contributed by atoms with E-state index < -0.39 is 62.5 Å². The zero-order valence-electron chi connectivity index (χ0n) is 36.6. The number of aromatic nitrogens is 2. The Kier molecular flexibility index (Phi) is 14.9. The van der Waals surface area contributed by atoms with E-state index >= 15 is 4.39 Å². The summed E-state index contributed by atoms with van der Waals surface area (Å²) in [5.74, 6) is -6.01. The summed E-state index contributed by atoms with van der Waals surface area (Å²) in [6, 6.07) is 13.7. The molecule has 7 rings (SSSR count). The van der Waals surface area contributed by atoms with E-state index in [0.29, 0.717) is 47.5 Å². The van der Waals surface area contributed by atoms with Crippen LogP contribution in [0.1, 0.15) is 112 Å². The summed E-state index contributed by atoms with van der Waals surface area (Å²) >= 11 is 0. The van der Waals surface area contributed by atoms with Gasteiger partial charge >= 0.3 is 0 Å². The number of pyridine rings is 1. The van der Waals surface area contributed by atoms with Gasteiger partial charge in [-0.3, -0.25) is 38.4 Å². The van der Waals surface area contributed by atoms with Crippen LogP contribution in [0, 0.1) is 11.6 Å². The molecule has 2 aromatic heterocycles. The van der Waals surface area contributed by atoms with E-state index in [4.69, 9.17) is 4.74 Å². The molecule has 5 amide bonds. The molecule has 19 heteroatoms. The summed E-state index contributed by atoms with van der Waals surface area (Å²) in [6.45, 7) is 5.92. The number of fused-ring (bicyclic) bond motifs is 2. The number of H-pyrrole nitrogens is 1. The normalized spacial score (nSPS) is 14.8. The van der Waals surface area contributed by atoms with Crippen molar-refractivity contribution in [2.24, 2.45) is 0 Å². The molecule has 1 saturated heterocycles. The van der Waals surface area contributed by atoms with Gasteiger partial charge < -0.3 is 25.7 Å². The van der Waals surface area contributed by atoms with Gasteiger partial charge in [-0.1, -0.05) is 57.4 Å². The van der Waals surface area contributed by atoms with Crippen LogP contribution in [0.2, 0.25) is 0 Å². The Hall–Kier alpha value is -7.28. The maximum atomic E-state index is 15.5. The molecule has 1 atom stereocenters. The third kappa shape index (κ3) is 10.9. The molecule has 2 aliphatic heterocycles. The Bertz CT molecular complexity index is 2880. The van der Waals surface area contributed by atoms with Crippen molar-refractivity contribution in [3.63, 3.8) is 0 Å². The van der Waals surface area contributed by atoms with Crippen molar-refractivity contribution in [2.45, 2.75) is 70.8 Å². The van der Waals surface area contributed by atoms with Crippen LogP contribution in [0.5, 0.6) is 5.75 Å². The average molecular weight is 938 g/mol. The first kappa shape index (κ1) is 47.7. The lowest BCUT2D eigenvalue weighted by atomic mass is 9.99. The van der Waals surface area contributed by atoms with Crippen LogP contribution in [0.25, 0.3) is 22.2 Å². The SMILES string of the molecule is C=C1CCC(N2C(=O)c3cccc(OCC(=O)NCCCCCCCCNC(=O)c4ccc(-c5cnc6[nH]cc(C(=O)c7c(F)ccc(NS(=O)(=O)CCC)c7F)c6c5)cc4)c3C2=O)C(=O)N1. The van der Waals surface area contributed by atoms with Crippen LogP contribution < -0.4 is 25.4 Å². The number of halogens is 2. The fourth-order valence-corrected chi connectivity index (χ4v) is 9.12. The number of carbonyl (C=O) groups is 6. The molecule has 1 unspecified atom stereocenters. The fraction of sp³-hybridized carbons (Fsp3) is 0.312. The predicted molar refractivity (Wildman–Crippen MR) is 245 cm³/mol. The summed E-state index contributed by atoms with van der Waals surface area (Å²) < 4.78 is 62.6. The van der Waals surface area contributed by atoms with Gasteiger partial charge in [0.15, 0.2) is 12.4 Å². The van der Waals surface area contributed by atoms with Gasteiger partial charge in [-0.2, -0.15) is 0 Å². The van der Waals surface area contributed by atoms with Crippen molar-refractivity contribution in [3.05, 3.63) is 125 Å². The van der Waals surface area contributed by atoms with Gasteiger partial charge in [0.1, 0.15) is 23.3 Å². The Morgan fingerprint density at radius 2 is 1.63 bits per heavy atom. The summed E-state index contributed by atoms with van der Waals surface area (Å²) in [5.41, 5.74) is 1.13. The molecule has 0 spiro atoms. The summed E-state index contributed by atoms with van der Waals surface area (Å²) in [4.78, 5) is 86.0. The molecule has 0 saturated carbocycles. The quantitative estimate of drug-likeness (QED) is 0.0303. The first-order valence-corrected chi connectivity index (χ1v) is 23.6. The molecule has 350 valence electrons. The second kappa shape index (κ2) is 20.9. The predicted octanol–water partition coefficient (Wildman–Crippen LogP) is 6.54. The molecule has 3 aromatic carbocycles. The van der Waals surface area contributed by atoms with Crippen molar-refractivity contribution in [1.82, 2.24) is 30.8 Å². The summed E-state index contributed by atoms with van der Waals surface area (Å²) in [6.07, 6.45) is 8.97. The number of imide groups is 1. The number of rotatable bonds is 21. The number of piperidine rings is 1. The Morgan fingerprint density at radius 3 is 2.34 bits per heavy atom. The summed E-state index contributed by atoms with van der Waals surface area (Å²) in [5, 5.41) is 8.61. The molecular weight excluding hydrogens is 889 g/mol. The Labute approximate surface area is 385 Å². The van der Waals surface area contributed by atoms with E-state index in [-0.39, 0.29) is 64.8 Å². The number of hydrogen-bond donors (Lipinski definition) is 5. The smallest absolute Gasteiger partial charge is 0.266 e. The maximum Gasteiger partial charge on any atom is 0.266 e. The molecule has 0 aliphatic carbocycles. The highest BCUT2D eigenvalue weighted by Crippen LogP contribution is 2.34. The molecule has 2 aliphatic rings. The van der Waals surface area contributed by atoms with Gasteiger partial charge in [0.05, 0.1) is 28.1 Å². The van der Waals surface area contributed by atoms with E-state index in [1.54, 1.807) is 49.5 Å². The number of nitrogens with one attached hydrogen (secondary N) is 5. The van der Waals surface area contributed by atoms with Crippen LogP contribution in [0.15, 0.2) is 85.3 Å². The minimum atomic E-state index is -3.92. The maximum absolute atomic E-state index is 15.5. The number of allylic oxidation sites excluding steroid dienone is 1. The highest BCUT2D eigenvalue weighted by Gasteiger charge is 2.45. The van der Waals surface area contributed by atoms with Crippen molar-refractivity contribution in [1.29, 1.82) is 0 Å². The lowest BCUT2D eigenvalue weighted by Gasteiger charge is -2.29. The average Bonchev–Trinajstić information content (AvgIpc) is 3.84. The van der Waals surface area contributed by atoms with Gasteiger partial charge in [-0.25, -0.2) is 22.2 Å². The van der Waals surface area contributed by atoms with Crippen LogP contribution >= 0.6 is 0 Å². The number of hydrogen-bond acceptors (Lipinski definition) is 10. The monoisotopic (exact) mass is 937 g/mol. The molecule has 5 aromatic rings. The van der Waals surface area contributed by atoms with Crippen molar-refractivity contribution in [3.8, 4) is 16.9 Å². The highest BCUT2D eigenvalue weighted by atomic mass is 32.2. The van der Waals surface area contributed by atoms with Crippen molar-refractivity contribution in [2.75, 3.05) is 30.2 Å². The van der Waals surface area contributed by atoms with E-state index in [1.807, 2.05) is 0 Å². The number of unbranched alkanes of at least 4 members (excludes halogenated alkanes) is 5. The van der Waals surface area contributed by atoms with E-state index in [0.717, 1.165) is 55.6 Å². The van der Waals surface area contributed by atoms with Crippen LogP contribution in [-0.4, -0.2) is 90.1 Å². The molecule has 5 N–H and O–H groups in total. The number of sulfonamides is 1. The molecule has 1 fully saturated rings. The third-order valence-corrected chi connectivity index (χ3v) is 12.9. The zero-order chi connectivity index (χ0) is 47.8. The number of nitrogens with zero attached hydrogens (tertiary/aromatic N) is 2. The third-order valence-electron chi connectivity index (χ3n) is 11.4. The molecule has 4 heterocycles. The van der Waals surface area contributed by atoms with Gasteiger partial charge in [0, 0.05) is 53.3 Å². The largest absolute Gasteiger partial charge is 0.483 e. The highest BCUT2D eigenvalue weighted by molar-refractivity contribution is 7.92. The topological polar surface area (TPSA) is 226 Å². The number of amides is 5. The fourth-order valence-electron chi connectivity index (χ4n) is 7.99. The zero-order valence-corrected chi connectivity index (χ0v) is 37.5. The number of ether oxygens (including phenoxy) is 1. The summed E-state index contributed by atoms with van der Waals surface area (Å²) in [7, 11) is -3.92. The molecule has 0 radical (unpaired) electrons. The molecule has 0 bridgehead atoms. The minimum absolute atomic E-state index is 0.0304. The number of benzene rings is 3. The number of ketones is 1. The number of aromatic amines is 1.